The third kappa shape index (κ3) is 4.82. The Bertz CT molecular complexity index is 1220. The van der Waals surface area contributed by atoms with Crippen LogP contribution in [0, 0.1) is 19.7 Å². The number of aryl methyl sites for hydroxylation is 3. The molecule has 1 heterocycles. The minimum atomic E-state index is -3.67. The van der Waals surface area contributed by atoms with Gasteiger partial charge in [-0.15, -0.1) is 0 Å². The summed E-state index contributed by atoms with van der Waals surface area (Å²) in [4.78, 5) is 17.2. The lowest BCUT2D eigenvalue weighted by molar-refractivity contribution is -0.117. The molecule has 0 aliphatic heterocycles. The smallest absolute Gasteiger partial charge is 0.249 e. The van der Waals surface area contributed by atoms with E-state index in [0.717, 1.165) is 35.3 Å². The summed E-state index contributed by atoms with van der Waals surface area (Å²) in [6.07, 6.45) is 0.664. The summed E-state index contributed by atoms with van der Waals surface area (Å²) in [6.45, 7) is 6.87. The van der Waals surface area contributed by atoms with E-state index < -0.39 is 21.6 Å². The first-order valence-electron chi connectivity index (χ1n) is 9.37. The molecule has 154 valence electrons. The molecule has 1 aromatic heterocycles. The topological polar surface area (TPSA) is 68.5 Å². The predicted octanol–water partition coefficient (Wildman–Crippen LogP) is 4.16. The number of aromatic nitrogens is 1. The van der Waals surface area contributed by atoms with E-state index >= 15 is 0 Å². The minimum absolute atomic E-state index is 0.000518. The van der Waals surface area contributed by atoms with Crippen LogP contribution in [0.3, 0.4) is 0 Å². The number of rotatable bonds is 6. The van der Waals surface area contributed by atoms with Crippen molar-refractivity contribution in [3.63, 3.8) is 0 Å². The van der Waals surface area contributed by atoms with Gasteiger partial charge in [-0.2, -0.15) is 4.99 Å². The number of thiazole rings is 1. The van der Waals surface area contributed by atoms with Crippen molar-refractivity contribution >= 4 is 37.3 Å². The maximum absolute atomic E-state index is 13.0. The van der Waals surface area contributed by atoms with E-state index in [-0.39, 0.29) is 17.1 Å². The number of sulfone groups is 1. The van der Waals surface area contributed by atoms with Gasteiger partial charge in [0.2, 0.25) is 5.91 Å². The monoisotopic (exact) mass is 434 g/mol. The van der Waals surface area contributed by atoms with Crippen molar-refractivity contribution in [2.75, 3.05) is 5.75 Å². The third-order valence-electron chi connectivity index (χ3n) is 4.72. The Morgan fingerprint density at radius 1 is 1.14 bits per heavy atom. The van der Waals surface area contributed by atoms with E-state index in [9.17, 15) is 17.6 Å². The maximum Gasteiger partial charge on any atom is 0.249 e. The molecule has 0 N–H and O–H groups in total. The number of benzene rings is 2. The Morgan fingerprint density at radius 2 is 1.79 bits per heavy atom. The van der Waals surface area contributed by atoms with E-state index in [1.54, 1.807) is 0 Å². The van der Waals surface area contributed by atoms with Crippen molar-refractivity contribution in [2.24, 2.45) is 4.99 Å². The molecule has 8 heteroatoms. The molecule has 29 heavy (non-hydrogen) atoms. The highest BCUT2D eigenvalue weighted by atomic mass is 32.2. The summed E-state index contributed by atoms with van der Waals surface area (Å²) < 4.78 is 40.8. The fourth-order valence-corrected chi connectivity index (χ4v) is 5.37. The summed E-state index contributed by atoms with van der Waals surface area (Å²) in [5.41, 5.74) is 3.37. The van der Waals surface area contributed by atoms with Crippen LogP contribution in [-0.4, -0.2) is 24.6 Å². The summed E-state index contributed by atoms with van der Waals surface area (Å²) >= 11 is 1.43. The number of carbonyl (C=O) groups excluding carboxylic acids is 1. The largest absolute Gasteiger partial charge is 0.316 e. The highest BCUT2D eigenvalue weighted by molar-refractivity contribution is 7.91. The normalized spacial score (nSPS) is 12.6. The zero-order chi connectivity index (χ0) is 21.2. The van der Waals surface area contributed by atoms with Gasteiger partial charge in [0.15, 0.2) is 14.6 Å². The van der Waals surface area contributed by atoms with Crippen LogP contribution in [0.25, 0.3) is 10.2 Å². The van der Waals surface area contributed by atoms with Crippen LogP contribution in [0.2, 0.25) is 0 Å². The first-order chi connectivity index (χ1) is 13.7. The van der Waals surface area contributed by atoms with Crippen molar-refractivity contribution in [3.05, 3.63) is 58.1 Å². The first-order valence-corrected chi connectivity index (χ1v) is 11.8. The molecule has 0 saturated heterocycles. The molecule has 0 atom stereocenters. The van der Waals surface area contributed by atoms with Crippen LogP contribution >= 0.6 is 11.3 Å². The van der Waals surface area contributed by atoms with Crippen molar-refractivity contribution in [2.45, 2.75) is 45.1 Å². The highest BCUT2D eigenvalue weighted by Crippen LogP contribution is 2.22. The van der Waals surface area contributed by atoms with Gasteiger partial charge >= 0.3 is 0 Å². The number of hydrogen-bond donors (Lipinski definition) is 0. The van der Waals surface area contributed by atoms with Crippen LogP contribution in [-0.2, 0) is 21.2 Å². The molecule has 0 unspecified atom stereocenters. The second kappa shape index (κ2) is 8.59. The number of halogens is 1. The SMILES string of the molecule is CCCn1c(=NC(=O)CCS(=O)(=O)c2ccc(F)cc2)sc2cc(C)c(C)cc21. The first kappa shape index (κ1) is 21.4. The molecule has 0 aliphatic rings. The van der Waals surface area contributed by atoms with Gasteiger partial charge in [0.1, 0.15) is 5.82 Å². The molecule has 0 bridgehead atoms. The Morgan fingerprint density at radius 3 is 2.45 bits per heavy atom. The molecule has 3 rings (SSSR count). The predicted molar refractivity (Wildman–Crippen MR) is 113 cm³/mol. The number of fused-ring (bicyclic) bond motifs is 1. The molecule has 2 aromatic carbocycles. The van der Waals surface area contributed by atoms with Gasteiger partial charge in [-0.1, -0.05) is 18.3 Å². The van der Waals surface area contributed by atoms with E-state index in [2.05, 4.69) is 24.0 Å². The van der Waals surface area contributed by atoms with Gasteiger partial charge in [0, 0.05) is 13.0 Å². The fraction of sp³-hybridized carbons (Fsp3) is 0.333. The minimum Gasteiger partial charge on any atom is -0.316 e. The van der Waals surface area contributed by atoms with Crippen LogP contribution in [0.1, 0.15) is 30.9 Å². The van der Waals surface area contributed by atoms with Crippen molar-refractivity contribution in [1.29, 1.82) is 0 Å². The lowest BCUT2D eigenvalue weighted by Gasteiger charge is -2.05. The van der Waals surface area contributed by atoms with Crippen molar-refractivity contribution < 1.29 is 17.6 Å². The van der Waals surface area contributed by atoms with E-state index in [4.69, 9.17) is 0 Å². The number of amides is 1. The Labute approximate surface area is 173 Å². The average Bonchev–Trinajstić information content (AvgIpc) is 2.97. The van der Waals surface area contributed by atoms with Gasteiger partial charge in [0.25, 0.3) is 0 Å². The number of hydrogen-bond acceptors (Lipinski definition) is 4. The molecular formula is C21H23FN2O3S2. The van der Waals surface area contributed by atoms with Crippen LogP contribution in [0.5, 0.6) is 0 Å². The van der Waals surface area contributed by atoms with E-state index in [1.165, 1.54) is 34.6 Å². The van der Waals surface area contributed by atoms with E-state index in [1.807, 2.05) is 18.4 Å². The second-order valence-electron chi connectivity index (χ2n) is 6.97. The van der Waals surface area contributed by atoms with Crippen LogP contribution in [0.4, 0.5) is 4.39 Å². The Hall–Kier alpha value is -2.32. The maximum atomic E-state index is 13.0. The summed E-state index contributed by atoms with van der Waals surface area (Å²) in [7, 11) is -3.67. The van der Waals surface area contributed by atoms with Crippen molar-refractivity contribution in [1.82, 2.24) is 4.57 Å². The van der Waals surface area contributed by atoms with Gasteiger partial charge in [-0.05, 0) is 67.8 Å². The lowest BCUT2D eigenvalue weighted by atomic mass is 10.1. The molecule has 0 spiro atoms. The Kier molecular flexibility index (Phi) is 6.33. The molecule has 0 radical (unpaired) electrons. The zero-order valence-corrected chi connectivity index (χ0v) is 18.2. The highest BCUT2D eigenvalue weighted by Gasteiger charge is 2.17. The molecule has 0 fully saturated rings. The molecule has 5 nitrogen and oxygen atoms in total. The summed E-state index contributed by atoms with van der Waals surface area (Å²) in [5, 5.41) is 0. The number of nitrogens with zero attached hydrogens (tertiary/aromatic N) is 2. The van der Waals surface area contributed by atoms with Gasteiger partial charge in [-0.25, -0.2) is 12.8 Å². The quantitative estimate of drug-likeness (QED) is 0.547. The zero-order valence-electron chi connectivity index (χ0n) is 16.6. The fourth-order valence-electron chi connectivity index (χ4n) is 2.99. The summed E-state index contributed by atoms with van der Waals surface area (Å²) in [5.74, 6) is -1.36. The standard InChI is InChI=1S/C21H23FN2O3S2/c1-4-10-24-18-12-14(2)15(3)13-19(18)28-21(24)23-20(25)9-11-29(26,27)17-7-5-16(22)6-8-17/h5-8,12-13H,4,9-11H2,1-3H3. The van der Waals surface area contributed by atoms with Gasteiger partial charge < -0.3 is 4.57 Å². The molecular weight excluding hydrogens is 411 g/mol. The van der Waals surface area contributed by atoms with Crippen LogP contribution in [0.15, 0.2) is 46.3 Å². The lowest BCUT2D eigenvalue weighted by Crippen LogP contribution is -2.18. The van der Waals surface area contributed by atoms with Crippen molar-refractivity contribution in [3.8, 4) is 0 Å². The molecule has 1 amide bonds. The number of carbonyl (C=O) groups is 1. The third-order valence-corrected chi connectivity index (χ3v) is 7.50. The van der Waals surface area contributed by atoms with Gasteiger partial charge in [-0.3, -0.25) is 4.79 Å². The molecule has 0 aliphatic carbocycles. The average molecular weight is 435 g/mol. The van der Waals surface area contributed by atoms with E-state index in [0.29, 0.717) is 4.80 Å². The molecule has 0 saturated carbocycles. The summed E-state index contributed by atoms with van der Waals surface area (Å²) in [6, 6.07) is 8.78. The Balaban J connectivity index is 1.87. The second-order valence-corrected chi connectivity index (χ2v) is 10.1. The molecule has 3 aromatic rings. The van der Waals surface area contributed by atoms with Gasteiger partial charge in [0.05, 0.1) is 20.9 Å². The van der Waals surface area contributed by atoms with Crippen LogP contribution < -0.4 is 4.80 Å².